The summed E-state index contributed by atoms with van der Waals surface area (Å²) < 4.78 is 5.04. The lowest BCUT2D eigenvalue weighted by molar-refractivity contribution is -0.128. The molecule has 0 heterocycles. The lowest BCUT2D eigenvalue weighted by atomic mass is 10.0. The molecule has 0 fully saturated rings. The van der Waals surface area contributed by atoms with Gasteiger partial charge in [-0.2, -0.15) is 25.3 Å². The summed E-state index contributed by atoms with van der Waals surface area (Å²) >= 11 is 8.09. The molecule has 0 saturated heterocycles. The van der Waals surface area contributed by atoms with Crippen LogP contribution in [0.3, 0.4) is 0 Å². The lowest BCUT2D eigenvalue weighted by Gasteiger charge is -2.25. The number of ether oxygens (including phenoxy) is 1. The quantitative estimate of drug-likeness (QED) is 0.240. The summed E-state index contributed by atoms with van der Waals surface area (Å²) in [5.74, 6) is 0.508. The number of aliphatic hydroxyl groups excluding tert-OH is 5. The molecule has 5 atom stereocenters. The third-order valence-corrected chi connectivity index (χ3v) is 3.20. The predicted octanol–water partition coefficient (Wildman–Crippen LogP) is -2.33. The van der Waals surface area contributed by atoms with Crippen LogP contribution in [-0.2, 0) is 4.74 Å². The Morgan fingerprint density at radius 1 is 0.941 bits per heavy atom. The molecule has 104 valence electrons. The average Bonchev–Trinajstić information content (AvgIpc) is 2.35. The van der Waals surface area contributed by atoms with Gasteiger partial charge in [0.15, 0.2) is 0 Å². The van der Waals surface area contributed by atoms with E-state index >= 15 is 0 Å². The fraction of sp³-hybridized carbons (Fsp3) is 1.00. The van der Waals surface area contributed by atoms with Gasteiger partial charge < -0.3 is 30.3 Å². The fourth-order valence-corrected chi connectivity index (χ4v) is 1.25. The molecule has 5 N–H and O–H groups in total. The van der Waals surface area contributed by atoms with Crippen molar-refractivity contribution >= 4 is 25.3 Å². The first kappa shape index (κ1) is 17.5. The van der Waals surface area contributed by atoms with Crippen molar-refractivity contribution in [2.24, 2.45) is 0 Å². The average molecular weight is 288 g/mol. The number of hydrogen-bond acceptors (Lipinski definition) is 8. The molecule has 0 amide bonds. The van der Waals surface area contributed by atoms with E-state index < -0.39 is 31.0 Å². The first-order valence-corrected chi connectivity index (χ1v) is 6.28. The number of rotatable bonds is 9. The van der Waals surface area contributed by atoms with E-state index in [9.17, 15) is 15.3 Å². The van der Waals surface area contributed by atoms with Gasteiger partial charge in [-0.15, -0.1) is 0 Å². The van der Waals surface area contributed by atoms with E-state index in [0.29, 0.717) is 5.75 Å². The molecule has 0 rings (SSSR count). The Morgan fingerprint density at radius 2 is 1.47 bits per heavy atom. The van der Waals surface area contributed by atoms with E-state index in [-0.39, 0.29) is 18.5 Å². The Hall–Kier alpha value is 0.460. The summed E-state index contributed by atoms with van der Waals surface area (Å²) in [7, 11) is 0. The van der Waals surface area contributed by atoms with E-state index in [1.807, 2.05) is 0 Å². The zero-order chi connectivity index (χ0) is 13.4. The van der Waals surface area contributed by atoms with Gasteiger partial charge in [0.2, 0.25) is 0 Å². The normalized spacial score (nSPS) is 20.6. The van der Waals surface area contributed by atoms with Crippen LogP contribution in [0, 0.1) is 0 Å². The van der Waals surface area contributed by atoms with Crippen molar-refractivity contribution in [1.82, 2.24) is 0 Å². The molecule has 0 saturated carbocycles. The Bertz CT molecular complexity index is 196. The van der Waals surface area contributed by atoms with Gasteiger partial charge in [0.05, 0.1) is 19.8 Å². The highest BCUT2D eigenvalue weighted by Gasteiger charge is 2.30. The summed E-state index contributed by atoms with van der Waals surface area (Å²) in [4.78, 5) is 0. The van der Waals surface area contributed by atoms with Crippen molar-refractivity contribution in [2.45, 2.75) is 29.7 Å². The van der Waals surface area contributed by atoms with Crippen molar-refractivity contribution in [1.29, 1.82) is 0 Å². The molecule has 8 heteroatoms. The smallest absolute Gasteiger partial charge is 0.111 e. The van der Waals surface area contributed by atoms with Crippen LogP contribution in [0.4, 0.5) is 0 Å². The topological polar surface area (TPSA) is 110 Å². The van der Waals surface area contributed by atoms with Gasteiger partial charge in [-0.3, -0.25) is 0 Å². The SMILES string of the molecule is OC[C@H](O)[C@@H](O)[C@H](O)[C@H](O)COCC(S)CS. The van der Waals surface area contributed by atoms with Gasteiger partial charge in [0.25, 0.3) is 0 Å². The van der Waals surface area contributed by atoms with Gasteiger partial charge in [0, 0.05) is 11.0 Å². The molecule has 0 aromatic heterocycles. The monoisotopic (exact) mass is 288 g/mol. The maximum absolute atomic E-state index is 9.45. The Labute approximate surface area is 111 Å². The van der Waals surface area contributed by atoms with Crippen LogP contribution < -0.4 is 0 Å². The highest BCUT2D eigenvalue weighted by atomic mass is 32.1. The zero-order valence-electron chi connectivity index (χ0n) is 9.25. The van der Waals surface area contributed by atoms with Gasteiger partial charge in [-0.1, -0.05) is 0 Å². The van der Waals surface area contributed by atoms with E-state index in [1.165, 1.54) is 0 Å². The second-order valence-corrected chi connectivity index (χ2v) is 4.77. The fourth-order valence-electron chi connectivity index (χ4n) is 1.04. The summed E-state index contributed by atoms with van der Waals surface area (Å²) in [6, 6.07) is 0. The number of hydrogen-bond donors (Lipinski definition) is 7. The van der Waals surface area contributed by atoms with Crippen molar-refractivity contribution < 1.29 is 30.3 Å². The molecule has 0 aromatic carbocycles. The molecule has 0 bridgehead atoms. The van der Waals surface area contributed by atoms with Crippen molar-refractivity contribution in [2.75, 3.05) is 25.6 Å². The van der Waals surface area contributed by atoms with Gasteiger partial charge in [-0.25, -0.2) is 0 Å². The minimum absolute atomic E-state index is 0.0874. The molecule has 0 aromatic rings. The van der Waals surface area contributed by atoms with E-state index in [4.69, 9.17) is 14.9 Å². The highest BCUT2D eigenvalue weighted by Crippen LogP contribution is 2.06. The van der Waals surface area contributed by atoms with Crippen molar-refractivity contribution in [3.8, 4) is 0 Å². The summed E-state index contributed by atoms with van der Waals surface area (Å²) in [5.41, 5.74) is 0. The molecule has 0 aliphatic carbocycles. The first-order valence-electron chi connectivity index (χ1n) is 5.13. The number of thiol groups is 2. The molecule has 0 aliphatic heterocycles. The molecule has 0 radical (unpaired) electrons. The van der Waals surface area contributed by atoms with Gasteiger partial charge in [-0.05, 0) is 0 Å². The van der Waals surface area contributed by atoms with Crippen LogP contribution in [0.15, 0.2) is 0 Å². The molecule has 17 heavy (non-hydrogen) atoms. The van der Waals surface area contributed by atoms with Gasteiger partial charge >= 0.3 is 0 Å². The second kappa shape index (κ2) is 9.40. The largest absolute Gasteiger partial charge is 0.394 e. The molecule has 0 spiro atoms. The van der Waals surface area contributed by atoms with Crippen LogP contribution in [0.1, 0.15) is 0 Å². The van der Waals surface area contributed by atoms with Crippen LogP contribution >= 0.6 is 25.3 Å². The van der Waals surface area contributed by atoms with E-state index in [0.717, 1.165) is 0 Å². The third kappa shape index (κ3) is 6.82. The standard InChI is InChI=1S/C9H20O6S2/c10-1-6(11)8(13)9(14)7(12)3-15-2-5(17)4-16/h5-14,16-17H,1-4H2/t5?,6-,7+,8+,9+/m0/s1. The first-order chi connectivity index (χ1) is 7.93. The Morgan fingerprint density at radius 3 is 1.94 bits per heavy atom. The lowest BCUT2D eigenvalue weighted by Crippen LogP contribution is -2.47. The Balaban J connectivity index is 3.92. The predicted molar refractivity (Wildman–Crippen MR) is 68.6 cm³/mol. The summed E-state index contributed by atoms with van der Waals surface area (Å²) in [6.45, 7) is -0.666. The molecule has 0 aliphatic rings. The molecule has 6 nitrogen and oxygen atoms in total. The third-order valence-electron chi connectivity index (χ3n) is 2.14. The summed E-state index contributed by atoms with van der Waals surface area (Å²) in [5, 5.41) is 45.7. The minimum Gasteiger partial charge on any atom is -0.394 e. The number of aliphatic hydroxyl groups is 5. The van der Waals surface area contributed by atoms with E-state index in [2.05, 4.69) is 25.3 Å². The molecular weight excluding hydrogens is 268 g/mol. The zero-order valence-corrected chi connectivity index (χ0v) is 11.0. The molecular formula is C9H20O6S2. The highest BCUT2D eigenvalue weighted by molar-refractivity contribution is 7.84. The minimum atomic E-state index is -1.63. The maximum Gasteiger partial charge on any atom is 0.111 e. The van der Waals surface area contributed by atoms with Gasteiger partial charge in [0.1, 0.15) is 24.4 Å². The Kier molecular flexibility index (Phi) is 9.65. The van der Waals surface area contributed by atoms with E-state index in [1.54, 1.807) is 0 Å². The van der Waals surface area contributed by atoms with Crippen LogP contribution in [0.5, 0.6) is 0 Å². The second-order valence-electron chi connectivity index (χ2n) is 3.67. The maximum atomic E-state index is 9.45. The van der Waals surface area contributed by atoms with Crippen molar-refractivity contribution in [3.05, 3.63) is 0 Å². The molecule has 1 unspecified atom stereocenters. The van der Waals surface area contributed by atoms with Crippen LogP contribution in [-0.4, -0.2) is 80.8 Å². The van der Waals surface area contributed by atoms with Crippen molar-refractivity contribution in [3.63, 3.8) is 0 Å². The van der Waals surface area contributed by atoms with Crippen LogP contribution in [0.25, 0.3) is 0 Å². The summed E-state index contributed by atoms with van der Waals surface area (Å²) in [6.07, 6.45) is -6.08. The van der Waals surface area contributed by atoms with Crippen LogP contribution in [0.2, 0.25) is 0 Å².